The minimum atomic E-state index is -1.89. The average molecular weight is 321 g/mol. The number of carbonyl (C=O) groups excluding carboxylic acids is 1. The van der Waals surface area contributed by atoms with Crippen LogP contribution in [-0.2, 0) is 9.22 Å². The molecule has 0 heterocycles. The molecular weight excluding hydrogens is 288 g/mol. The molecule has 2 bridgehead atoms. The molecule has 2 nitrogen and oxygen atoms in total. The van der Waals surface area contributed by atoms with Crippen LogP contribution in [0.15, 0.2) is 23.8 Å². The topological polar surface area (TPSA) is 26.3 Å². The monoisotopic (exact) mass is 320 g/mol. The van der Waals surface area contributed by atoms with Crippen molar-refractivity contribution in [3.05, 3.63) is 23.8 Å². The standard InChI is InChI=1S/C19H32O2Si/c1-9-15-14(3)19(21-22(7,8)18(4,5)6)11-10-17(20)13(2)16(15)12-19/h9,13,16H,1,10-12H2,2-8H3/t13-,16-,19+/m1/s1. The predicted molar refractivity (Wildman–Crippen MR) is 95.4 cm³/mol. The van der Waals surface area contributed by atoms with Crippen LogP contribution >= 0.6 is 0 Å². The minimum absolute atomic E-state index is 0.0929. The van der Waals surface area contributed by atoms with Gasteiger partial charge in [-0.1, -0.05) is 40.3 Å². The van der Waals surface area contributed by atoms with E-state index in [0.717, 1.165) is 12.8 Å². The summed E-state index contributed by atoms with van der Waals surface area (Å²) in [4.78, 5) is 12.4. The lowest BCUT2D eigenvalue weighted by atomic mass is 9.85. The quantitative estimate of drug-likeness (QED) is 0.662. The van der Waals surface area contributed by atoms with Crippen LogP contribution in [0.5, 0.6) is 0 Å². The summed E-state index contributed by atoms with van der Waals surface area (Å²) in [6.07, 6.45) is 4.40. The second kappa shape index (κ2) is 5.45. The van der Waals surface area contributed by atoms with Gasteiger partial charge >= 0.3 is 0 Å². The maximum Gasteiger partial charge on any atom is 0.193 e. The van der Waals surface area contributed by atoms with Crippen LogP contribution in [0, 0.1) is 11.8 Å². The van der Waals surface area contributed by atoms with Gasteiger partial charge in [0, 0.05) is 12.3 Å². The Morgan fingerprint density at radius 1 is 1.36 bits per heavy atom. The number of ketones is 1. The van der Waals surface area contributed by atoms with Gasteiger partial charge in [0.1, 0.15) is 5.78 Å². The lowest BCUT2D eigenvalue weighted by Gasteiger charge is -2.45. The molecule has 3 atom stereocenters. The number of Topliss-reactive ketones (excluding diaryl/α,β-unsaturated/α-hetero) is 1. The van der Waals surface area contributed by atoms with E-state index in [1.807, 2.05) is 6.08 Å². The van der Waals surface area contributed by atoms with Crippen LogP contribution in [0.3, 0.4) is 0 Å². The third-order valence-electron chi connectivity index (χ3n) is 6.43. The average Bonchev–Trinajstić information content (AvgIpc) is 2.59. The van der Waals surface area contributed by atoms with E-state index in [0.29, 0.717) is 12.2 Å². The predicted octanol–water partition coefficient (Wildman–Crippen LogP) is 5.27. The molecule has 0 unspecified atom stereocenters. The second-order valence-corrected chi connectivity index (χ2v) is 13.4. The zero-order valence-corrected chi connectivity index (χ0v) is 16.4. The third kappa shape index (κ3) is 2.67. The van der Waals surface area contributed by atoms with E-state index in [1.54, 1.807) is 0 Å². The Morgan fingerprint density at radius 3 is 2.45 bits per heavy atom. The fraction of sp³-hybridized carbons (Fsp3) is 0.737. The highest BCUT2D eigenvalue weighted by Crippen LogP contribution is 2.53. The molecule has 0 radical (unpaired) electrons. The molecule has 2 rings (SSSR count). The van der Waals surface area contributed by atoms with Crippen LogP contribution < -0.4 is 0 Å². The molecular formula is C19H32O2Si. The Hall–Kier alpha value is -0.673. The minimum Gasteiger partial charge on any atom is -0.408 e. The van der Waals surface area contributed by atoms with E-state index in [-0.39, 0.29) is 22.5 Å². The molecule has 0 saturated heterocycles. The fourth-order valence-corrected chi connectivity index (χ4v) is 5.41. The molecule has 0 aromatic heterocycles. The Morgan fingerprint density at radius 2 is 1.95 bits per heavy atom. The van der Waals surface area contributed by atoms with Crippen molar-refractivity contribution in [3.8, 4) is 0 Å². The van der Waals surface area contributed by atoms with Gasteiger partial charge in [0.05, 0.1) is 5.60 Å². The van der Waals surface area contributed by atoms with Crippen molar-refractivity contribution in [3.63, 3.8) is 0 Å². The van der Waals surface area contributed by atoms with Gasteiger partial charge < -0.3 is 4.43 Å². The SMILES string of the molecule is C=CC1=C(C)[C@]2(O[Si](C)(C)C(C)(C)C)CCC(=O)[C@H](C)[C@H]1C2. The van der Waals surface area contributed by atoms with Crippen molar-refractivity contribution >= 4 is 14.1 Å². The largest absolute Gasteiger partial charge is 0.408 e. The normalized spacial score (nSPS) is 33.1. The van der Waals surface area contributed by atoms with E-state index in [9.17, 15) is 4.79 Å². The maximum atomic E-state index is 12.4. The summed E-state index contributed by atoms with van der Waals surface area (Å²) in [7, 11) is -1.89. The molecule has 0 amide bonds. The maximum absolute atomic E-state index is 12.4. The molecule has 2 aliphatic rings. The zero-order valence-electron chi connectivity index (χ0n) is 15.4. The zero-order chi connectivity index (χ0) is 16.9. The molecule has 2 aliphatic carbocycles. The van der Waals surface area contributed by atoms with Crippen LogP contribution in [0.25, 0.3) is 0 Å². The van der Waals surface area contributed by atoms with Crippen molar-refractivity contribution in [2.45, 2.75) is 77.6 Å². The van der Waals surface area contributed by atoms with Gasteiger partial charge in [-0.2, -0.15) is 0 Å². The second-order valence-electron chi connectivity index (χ2n) is 8.71. The van der Waals surface area contributed by atoms with Crippen molar-refractivity contribution in [1.29, 1.82) is 0 Å². The first-order chi connectivity index (χ1) is 9.95. The van der Waals surface area contributed by atoms with E-state index in [4.69, 9.17) is 4.43 Å². The lowest BCUT2D eigenvalue weighted by Crippen LogP contribution is -2.49. The summed E-state index contributed by atoms with van der Waals surface area (Å²) in [5.41, 5.74) is 2.35. The molecule has 1 saturated carbocycles. The van der Waals surface area contributed by atoms with Gasteiger partial charge in [0.25, 0.3) is 0 Å². The van der Waals surface area contributed by atoms with Crippen molar-refractivity contribution in [1.82, 2.24) is 0 Å². The number of hydrogen-bond donors (Lipinski definition) is 0. The van der Waals surface area contributed by atoms with E-state index in [1.165, 1.54) is 11.1 Å². The first kappa shape index (κ1) is 17.7. The van der Waals surface area contributed by atoms with Crippen molar-refractivity contribution in [2.24, 2.45) is 11.8 Å². The number of rotatable bonds is 3. The van der Waals surface area contributed by atoms with E-state index < -0.39 is 8.32 Å². The van der Waals surface area contributed by atoms with Gasteiger partial charge in [-0.15, -0.1) is 0 Å². The van der Waals surface area contributed by atoms with Gasteiger partial charge in [-0.05, 0) is 55.0 Å². The Labute approximate surface area is 137 Å². The molecule has 0 spiro atoms. The Balaban J connectivity index is 2.47. The van der Waals surface area contributed by atoms with Gasteiger partial charge in [-0.3, -0.25) is 4.79 Å². The highest BCUT2D eigenvalue weighted by Gasteiger charge is 2.53. The van der Waals surface area contributed by atoms with Crippen molar-refractivity contribution < 1.29 is 9.22 Å². The summed E-state index contributed by atoms with van der Waals surface area (Å²) >= 11 is 0. The lowest BCUT2D eigenvalue weighted by molar-refractivity contribution is -0.123. The van der Waals surface area contributed by atoms with Gasteiger partial charge in [-0.25, -0.2) is 0 Å². The van der Waals surface area contributed by atoms with Gasteiger partial charge in [0.15, 0.2) is 8.32 Å². The Kier molecular flexibility index (Phi) is 4.38. The van der Waals surface area contributed by atoms with E-state index >= 15 is 0 Å². The van der Waals surface area contributed by atoms with Crippen LogP contribution in [-0.4, -0.2) is 19.7 Å². The van der Waals surface area contributed by atoms with Crippen LogP contribution in [0.4, 0.5) is 0 Å². The number of carbonyl (C=O) groups is 1. The molecule has 0 N–H and O–H groups in total. The molecule has 3 heteroatoms. The van der Waals surface area contributed by atoms with Crippen molar-refractivity contribution in [2.75, 3.05) is 0 Å². The summed E-state index contributed by atoms with van der Waals surface area (Å²) in [6.45, 7) is 19.7. The van der Waals surface area contributed by atoms with E-state index in [2.05, 4.69) is 54.3 Å². The smallest absolute Gasteiger partial charge is 0.193 e. The number of hydrogen-bond acceptors (Lipinski definition) is 2. The Bertz CT molecular complexity index is 524. The highest BCUT2D eigenvalue weighted by molar-refractivity contribution is 6.74. The first-order valence-electron chi connectivity index (χ1n) is 8.52. The fourth-order valence-electron chi connectivity index (χ4n) is 3.79. The molecule has 0 aromatic rings. The molecule has 0 aromatic carbocycles. The summed E-state index contributed by atoms with van der Waals surface area (Å²) < 4.78 is 6.92. The molecule has 22 heavy (non-hydrogen) atoms. The van der Waals surface area contributed by atoms with Crippen LogP contribution in [0.2, 0.25) is 18.1 Å². The summed E-state index contributed by atoms with van der Waals surface area (Å²) in [6, 6.07) is 0. The summed E-state index contributed by atoms with van der Waals surface area (Å²) in [5.74, 6) is 0.769. The third-order valence-corrected chi connectivity index (χ3v) is 10.9. The van der Waals surface area contributed by atoms with Crippen LogP contribution in [0.1, 0.15) is 53.9 Å². The van der Waals surface area contributed by atoms with Gasteiger partial charge in [0.2, 0.25) is 0 Å². The molecule has 1 fully saturated rings. The molecule has 0 aliphatic heterocycles. The number of fused-ring (bicyclic) bond motifs is 2. The first-order valence-corrected chi connectivity index (χ1v) is 11.4. The highest BCUT2D eigenvalue weighted by atomic mass is 28.4. The summed E-state index contributed by atoms with van der Waals surface area (Å²) in [5, 5.41) is 0.177. The molecule has 124 valence electrons. The number of allylic oxidation sites excluding steroid dienone is 2.